The minimum absolute atomic E-state index is 0.0485. The van der Waals surface area contributed by atoms with Gasteiger partial charge in [-0.25, -0.2) is 4.39 Å². The lowest BCUT2D eigenvalue weighted by Crippen LogP contribution is -2.28. The van der Waals surface area contributed by atoms with Gasteiger partial charge in [0.25, 0.3) is 0 Å². The van der Waals surface area contributed by atoms with E-state index in [9.17, 15) is 9.18 Å². The van der Waals surface area contributed by atoms with Crippen molar-refractivity contribution in [1.29, 1.82) is 0 Å². The summed E-state index contributed by atoms with van der Waals surface area (Å²) in [5.74, 6) is -0.395. The Labute approximate surface area is 106 Å². The highest BCUT2D eigenvalue weighted by Gasteiger charge is 2.29. The highest BCUT2D eigenvalue weighted by molar-refractivity contribution is 5.99. The lowest BCUT2D eigenvalue weighted by Gasteiger charge is -2.20. The second-order valence-electron chi connectivity index (χ2n) is 4.56. The summed E-state index contributed by atoms with van der Waals surface area (Å²) in [4.78, 5) is 13.4. The fraction of sp³-hybridized carbons (Fsp3) is 0.462. The molecule has 1 saturated heterocycles. The number of nitrogens with two attached hydrogens (primary N) is 1. The van der Waals surface area contributed by atoms with Crippen molar-refractivity contribution in [3.63, 3.8) is 0 Å². The predicted octanol–water partition coefficient (Wildman–Crippen LogP) is 1.71. The molecule has 1 fully saturated rings. The summed E-state index contributed by atoms with van der Waals surface area (Å²) < 4.78 is 13.3. The van der Waals surface area contributed by atoms with E-state index in [2.05, 4.69) is 5.32 Å². The van der Waals surface area contributed by atoms with E-state index >= 15 is 0 Å². The molecule has 1 atom stereocenters. The van der Waals surface area contributed by atoms with Crippen LogP contribution < -0.4 is 16.0 Å². The molecular weight excluding hydrogens is 233 g/mol. The summed E-state index contributed by atoms with van der Waals surface area (Å²) in [7, 11) is 0. The van der Waals surface area contributed by atoms with Crippen molar-refractivity contribution in [2.75, 3.05) is 23.3 Å². The average Bonchev–Trinajstić information content (AvgIpc) is 2.67. The van der Waals surface area contributed by atoms with Crippen molar-refractivity contribution in [3.8, 4) is 0 Å². The van der Waals surface area contributed by atoms with Gasteiger partial charge in [0.1, 0.15) is 5.82 Å². The molecule has 0 aliphatic carbocycles. The highest BCUT2D eigenvalue weighted by atomic mass is 19.1. The topological polar surface area (TPSA) is 58.4 Å². The van der Waals surface area contributed by atoms with Crippen LogP contribution in [0.1, 0.15) is 19.8 Å². The summed E-state index contributed by atoms with van der Waals surface area (Å²) in [5.41, 5.74) is 7.13. The molecule has 4 nitrogen and oxygen atoms in total. The molecular formula is C13H18FN3O. The zero-order valence-electron chi connectivity index (χ0n) is 10.4. The molecule has 0 bridgehead atoms. The fourth-order valence-corrected chi connectivity index (χ4v) is 2.11. The van der Waals surface area contributed by atoms with Crippen molar-refractivity contribution in [2.45, 2.75) is 25.8 Å². The first-order valence-corrected chi connectivity index (χ1v) is 6.21. The number of hydrogen-bond donors (Lipinski definition) is 2. The van der Waals surface area contributed by atoms with Crippen molar-refractivity contribution in [1.82, 2.24) is 0 Å². The predicted molar refractivity (Wildman–Crippen MR) is 70.1 cm³/mol. The van der Waals surface area contributed by atoms with Crippen molar-refractivity contribution in [2.24, 2.45) is 5.73 Å². The van der Waals surface area contributed by atoms with Crippen LogP contribution in [0, 0.1) is 5.82 Å². The molecule has 5 heteroatoms. The number of nitrogens with one attached hydrogen (secondary N) is 1. The van der Waals surface area contributed by atoms with Crippen LogP contribution in [-0.2, 0) is 4.79 Å². The largest absolute Gasteiger partial charge is 0.383 e. The van der Waals surface area contributed by atoms with Crippen LogP contribution in [0.25, 0.3) is 0 Å². The minimum atomic E-state index is -0.347. The second kappa shape index (κ2) is 5.35. The zero-order chi connectivity index (χ0) is 13.1. The van der Waals surface area contributed by atoms with Gasteiger partial charge in [0.2, 0.25) is 5.91 Å². The van der Waals surface area contributed by atoms with Gasteiger partial charge in [0.05, 0.1) is 11.4 Å². The molecule has 0 spiro atoms. The molecule has 1 aliphatic heterocycles. The molecule has 1 aromatic rings. The number of rotatable bonds is 4. The Kier molecular flexibility index (Phi) is 3.81. The third kappa shape index (κ3) is 2.61. The molecule has 1 amide bonds. The van der Waals surface area contributed by atoms with Crippen LogP contribution in [0.4, 0.5) is 15.8 Å². The van der Waals surface area contributed by atoms with E-state index < -0.39 is 0 Å². The molecule has 1 heterocycles. The van der Waals surface area contributed by atoms with Gasteiger partial charge in [-0.3, -0.25) is 4.79 Å². The SMILES string of the molecule is CCCNc1ccc(F)cc1N1CC(N)CC1=O. The maximum atomic E-state index is 13.3. The maximum Gasteiger partial charge on any atom is 0.228 e. The lowest BCUT2D eigenvalue weighted by molar-refractivity contribution is -0.117. The summed E-state index contributed by atoms with van der Waals surface area (Å²) >= 11 is 0. The van der Waals surface area contributed by atoms with Crippen LogP contribution in [-0.4, -0.2) is 25.0 Å². The number of amides is 1. The van der Waals surface area contributed by atoms with Gasteiger partial charge in [-0.05, 0) is 24.6 Å². The van der Waals surface area contributed by atoms with Crippen LogP contribution in [0.2, 0.25) is 0 Å². The number of carbonyl (C=O) groups excluding carboxylic acids is 1. The molecule has 3 N–H and O–H groups in total. The summed E-state index contributed by atoms with van der Waals surface area (Å²) in [6.45, 7) is 3.28. The summed E-state index contributed by atoms with van der Waals surface area (Å²) in [5, 5.41) is 3.20. The molecule has 1 aliphatic rings. The van der Waals surface area contributed by atoms with E-state index in [1.54, 1.807) is 11.0 Å². The third-order valence-corrected chi connectivity index (χ3v) is 2.97. The van der Waals surface area contributed by atoms with E-state index in [4.69, 9.17) is 5.73 Å². The maximum absolute atomic E-state index is 13.3. The zero-order valence-corrected chi connectivity index (χ0v) is 10.4. The minimum Gasteiger partial charge on any atom is -0.383 e. The van der Waals surface area contributed by atoms with Crippen molar-refractivity contribution < 1.29 is 9.18 Å². The van der Waals surface area contributed by atoms with E-state index in [0.29, 0.717) is 18.7 Å². The first-order valence-electron chi connectivity index (χ1n) is 6.21. The molecule has 0 radical (unpaired) electrons. The van der Waals surface area contributed by atoms with Gasteiger partial charge in [-0.15, -0.1) is 0 Å². The summed E-state index contributed by atoms with van der Waals surface area (Å²) in [6, 6.07) is 4.27. The number of anilines is 2. The average molecular weight is 251 g/mol. The standard InChI is InChI=1S/C13H18FN3O/c1-2-5-16-11-4-3-9(14)6-12(11)17-8-10(15)7-13(17)18/h3-4,6,10,16H,2,5,7-8,15H2,1H3. The van der Waals surface area contributed by atoms with E-state index in [0.717, 1.165) is 18.7 Å². The number of halogens is 1. The van der Waals surface area contributed by atoms with Crippen LogP contribution >= 0.6 is 0 Å². The Balaban J connectivity index is 2.29. The quantitative estimate of drug-likeness (QED) is 0.856. The molecule has 2 rings (SSSR count). The van der Waals surface area contributed by atoms with Crippen LogP contribution in [0.3, 0.4) is 0 Å². The lowest BCUT2D eigenvalue weighted by atomic mass is 10.2. The number of carbonyl (C=O) groups is 1. The Morgan fingerprint density at radius 1 is 1.56 bits per heavy atom. The Hall–Kier alpha value is -1.62. The van der Waals surface area contributed by atoms with Crippen LogP contribution in [0.5, 0.6) is 0 Å². The first-order chi connectivity index (χ1) is 8.61. The van der Waals surface area contributed by atoms with Gasteiger partial charge in [0, 0.05) is 25.6 Å². The normalized spacial score (nSPS) is 19.4. The second-order valence-corrected chi connectivity index (χ2v) is 4.56. The van der Waals surface area contributed by atoms with Crippen molar-refractivity contribution in [3.05, 3.63) is 24.0 Å². The van der Waals surface area contributed by atoms with E-state index in [-0.39, 0.29) is 17.8 Å². The number of nitrogens with zero attached hydrogens (tertiary/aromatic N) is 1. The molecule has 0 aromatic heterocycles. The van der Waals surface area contributed by atoms with Gasteiger partial charge in [0.15, 0.2) is 0 Å². The van der Waals surface area contributed by atoms with Gasteiger partial charge in [-0.2, -0.15) is 0 Å². The smallest absolute Gasteiger partial charge is 0.228 e. The van der Waals surface area contributed by atoms with Gasteiger partial charge < -0.3 is 16.0 Å². The highest BCUT2D eigenvalue weighted by Crippen LogP contribution is 2.30. The monoisotopic (exact) mass is 251 g/mol. The Morgan fingerprint density at radius 3 is 2.94 bits per heavy atom. The number of hydrogen-bond acceptors (Lipinski definition) is 3. The fourth-order valence-electron chi connectivity index (χ4n) is 2.11. The Morgan fingerprint density at radius 2 is 2.33 bits per heavy atom. The van der Waals surface area contributed by atoms with E-state index in [1.807, 2.05) is 6.92 Å². The summed E-state index contributed by atoms with van der Waals surface area (Å²) in [6.07, 6.45) is 1.29. The molecule has 98 valence electrons. The molecule has 18 heavy (non-hydrogen) atoms. The first kappa shape index (κ1) is 12.8. The van der Waals surface area contributed by atoms with E-state index in [1.165, 1.54) is 12.1 Å². The van der Waals surface area contributed by atoms with Gasteiger partial charge >= 0.3 is 0 Å². The third-order valence-electron chi connectivity index (χ3n) is 2.97. The Bertz CT molecular complexity index is 450. The molecule has 0 saturated carbocycles. The van der Waals surface area contributed by atoms with Crippen molar-refractivity contribution >= 4 is 17.3 Å². The molecule has 1 aromatic carbocycles. The molecule has 1 unspecified atom stereocenters. The van der Waals surface area contributed by atoms with Crippen LogP contribution in [0.15, 0.2) is 18.2 Å². The van der Waals surface area contributed by atoms with Gasteiger partial charge in [-0.1, -0.05) is 6.92 Å². The number of benzene rings is 1.